The molecule has 59 heavy (non-hydrogen) atoms. The second-order valence-electron chi connectivity index (χ2n) is 15.4. The van der Waals surface area contributed by atoms with Gasteiger partial charge in [-0.15, -0.1) is 10.6 Å². The molecule has 0 spiro atoms. The van der Waals surface area contributed by atoms with E-state index in [0.29, 0.717) is 61.3 Å². The number of nitrogens with zero attached hydrogens (tertiary/aromatic N) is 3. The summed E-state index contributed by atoms with van der Waals surface area (Å²) < 4.78 is 5.15. The summed E-state index contributed by atoms with van der Waals surface area (Å²) in [6, 6.07) is 3.90. The Morgan fingerprint density at radius 1 is 0.983 bits per heavy atom. The number of aryl methyl sites for hydroxylation is 2. The van der Waals surface area contributed by atoms with Gasteiger partial charge in [0.2, 0.25) is 5.91 Å². The van der Waals surface area contributed by atoms with Crippen molar-refractivity contribution in [3.8, 4) is 0 Å². The third-order valence-corrected chi connectivity index (χ3v) is 11.3. The number of aliphatic carboxylic acids is 1. The minimum absolute atomic E-state index is 0.0205. The fourth-order valence-corrected chi connectivity index (χ4v) is 8.53. The van der Waals surface area contributed by atoms with E-state index in [-0.39, 0.29) is 36.9 Å². The Morgan fingerprint density at radius 2 is 1.66 bits per heavy atom. The van der Waals surface area contributed by atoms with E-state index in [4.69, 9.17) is 14.7 Å². The van der Waals surface area contributed by atoms with Crippen LogP contribution >= 0.6 is 0 Å². The highest BCUT2D eigenvalue weighted by Gasteiger charge is 2.44. The van der Waals surface area contributed by atoms with Crippen molar-refractivity contribution in [3.05, 3.63) is 68.8 Å². The van der Waals surface area contributed by atoms with E-state index in [2.05, 4.69) is 34.0 Å². The summed E-state index contributed by atoms with van der Waals surface area (Å²) in [6.07, 6.45) is 0.0233. The molecule has 5 heterocycles. The van der Waals surface area contributed by atoms with Gasteiger partial charge in [0.15, 0.2) is 18.6 Å². The molecule has 6 atom stereocenters. The minimum atomic E-state index is -1.72. The fourth-order valence-electron chi connectivity index (χ4n) is 8.53. The lowest BCUT2D eigenvalue weighted by molar-refractivity contribution is -1.25. The SMILES string of the molecule is CC[C@H]1c2cc3[nH]c4c(c3C)C(=O)C(C(=O)OC)c4c3nc(cc4[nH]c(cc(n2)[C@@H]1C)c(C(C)=O)c4C)C[C@@H]3CCC(=O)N[C@@H](CC(=O)N[N+](C)(O)OC(C)=O)C(=O)O. The van der Waals surface area contributed by atoms with Crippen molar-refractivity contribution >= 4 is 63.4 Å². The largest absolute Gasteiger partial charge is 0.480 e. The molecule has 2 aliphatic heterocycles. The number of carbonyl (C=O) groups excluding carboxylic acids is 6. The van der Waals surface area contributed by atoms with Crippen LogP contribution in [0.15, 0.2) is 18.2 Å². The van der Waals surface area contributed by atoms with Gasteiger partial charge in [0.05, 0.1) is 35.2 Å². The summed E-state index contributed by atoms with van der Waals surface area (Å²) >= 11 is 0. The number of hydrogen-bond acceptors (Lipinski definition) is 12. The van der Waals surface area contributed by atoms with Gasteiger partial charge >= 0.3 is 17.9 Å². The summed E-state index contributed by atoms with van der Waals surface area (Å²) in [4.78, 5) is 110. The molecular weight excluding hydrogens is 766 g/mol. The van der Waals surface area contributed by atoms with Crippen LogP contribution in [-0.2, 0) is 40.0 Å². The number of nitrogens with one attached hydrogen (secondary N) is 4. The maximum Gasteiger partial charge on any atom is 0.371 e. The first-order valence-corrected chi connectivity index (χ1v) is 19.3. The highest BCUT2D eigenvalue weighted by Crippen LogP contribution is 2.45. The average Bonchev–Trinajstić information content (AvgIpc) is 3.91. The zero-order chi connectivity index (χ0) is 43.2. The molecule has 8 bridgehead atoms. The molecule has 0 saturated carbocycles. The molecular formula is C41H48N7O11+. The van der Waals surface area contributed by atoms with Gasteiger partial charge in [-0.3, -0.25) is 33.9 Å². The molecule has 18 heteroatoms. The highest BCUT2D eigenvalue weighted by molar-refractivity contribution is 6.23. The van der Waals surface area contributed by atoms with Gasteiger partial charge in [-0.05, 0) is 69.4 Å². The number of aromatic amines is 2. The molecule has 0 saturated heterocycles. The van der Waals surface area contributed by atoms with Crippen LogP contribution in [0.5, 0.6) is 0 Å². The maximum atomic E-state index is 14.2. The first-order chi connectivity index (χ1) is 27.7. The summed E-state index contributed by atoms with van der Waals surface area (Å²) in [6.45, 7) is 10.3. The maximum absolute atomic E-state index is 14.2. The normalized spacial score (nSPS) is 19.7. The summed E-state index contributed by atoms with van der Waals surface area (Å²) in [7, 11) is 2.11. The Balaban J connectivity index is 1.47. The van der Waals surface area contributed by atoms with E-state index in [1.807, 2.05) is 24.5 Å². The molecule has 3 aromatic heterocycles. The lowest BCUT2D eigenvalue weighted by Crippen LogP contribution is -2.57. The lowest BCUT2D eigenvalue weighted by Gasteiger charge is -2.21. The molecule has 2 amide bonds. The van der Waals surface area contributed by atoms with Crippen molar-refractivity contribution in [2.24, 2.45) is 0 Å². The monoisotopic (exact) mass is 814 g/mol. The van der Waals surface area contributed by atoms with E-state index in [1.54, 1.807) is 13.0 Å². The topological polar surface area (TPSA) is 260 Å². The van der Waals surface area contributed by atoms with Gasteiger partial charge in [-0.1, -0.05) is 13.8 Å². The third kappa shape index (κ3) is 8.22. The van der Waals surface area contributed by atoms with Crippen molar-refractivity contribution < 1.29 is 58.4 Å². The number of ketones is 2. The first-order valence-electron chi connectivity index (χ1n) is 19.3. The molecule has 0 radical (unpaired) electrons. The van der Waals surface area contributed by atoms with Gasteiger partial charge in [0.1, 0.15) is 12.0 Å². The number of amides is 2. The number of aromatic nitrogens is 4. The van der Waals surface area contributed by atoms with Crippen molar-refractivity contribution in [1.29, 1.82) is 0 Å². The average molecular weight is 815 g/mol. The van der Waals surface area contributed by atoms with Crippen LogP contribution in [0, 0.1) is 13.8 Å². The van der Waals surface area contributed by atoms with Gasteiger partial charge in [0.25, 0.3) is 5.91 Å². The molecule has 18 nitrogen and oxygen atoms in total. The van der Waals surface area contributed by atoms with Crippen LogP contribution in [0.4, 0.5) is 0 Å². The van der Waals surface area contributed by atoms with E-state index in [9.17, 15) is 43.9 Å². The zero-order valence-corrected chi connectivity index (χ0v) is 34.1. The number of ether oxygens (including phenoxy) is 1. The Kier molecular flexibility index (Phi) is 11.6. The number of rotatable bonds is 12. The molecule has 0 fully saturated rings. The zero-order valence-electron chi connectivity index (χ0n) is 34.1. The number of esters is 1. The smallest absolute Gasteiger partial charge is 0.371 e. The quantitative estimate of drug-likeness (QED) is 0.0491. The summed E-state index contributed by atoms with van der Waals surface area (Å²) in [5.41, 5.74) is 9.11. The Hall–Kier alpha value is -6.27. The van der Waals surface area contributed by atoms with Gasteiger partial charge in [0, 0.05) is 75.9 Å². The van der Waals surface area contributed by atoms with E-state index in [0.717, 1.165) is 31.8 Å². The summed E-state index contributed by atoms with van der Waals surface area (Å²) in [5.74, 6) is -7.50. The second-order valence-corrected chi connectivity index (χ2v) is 15.4. The number of carbonyl (C=O) groups is 7. The van der Waals surface area contributed by atoms with Crippen LogP contribution in [-0.4, -0.2) is 96.7 Å². The van der Waals surface area contributed by atoms with Crippen LogP contribution in [0.1, 0.15) is 137 Å². The van der Waals surface area contributed by atoms with E-state index >= 15 is 0 Å². The number of carboxylic acids is 1. The van der Waals surface area contributed by atoms with Crippen molar-refractivity contribution in [3.63, 3.8) is 0 Å². The summed E-state index contributed by atoms with van der Waals surface area (Å²) in [5, 5.41) is 22.2. The van der Waals surface area contributed by atoms with Crippen LogP contribution in [0.2, 0.25) is 0 Å². The highest BCUT2D eigenvalue weighted by atomic mass is 17.0. The Bertz CT molecular complexity index is 2480. The van der Waals surface area contributed by atoms with Crippen LogP contribution in [0.25, 0.3) is 22.1 Å². The third-order valence-electron chi connectivity index (χ3n) is 11.3. The van der Waals surface area contributed by atoms with Crippen molar-refractivity contribution in [2.45, 2.75) is 103 Å². The molecule has 2 unspecified atom stereocenters. The number of hydroxylamine groups is 2. The standard InChI is InChI=1S/C41H47N7O11/c1-9-24-17(2)26-15-29-33(20(5)49)18(3)25(44-29)13-23-12-22(10-11-31(51)45-30(40(54)55)16-32(52)47-48(7,57)59-21(6)50)37(42-23)35-36(41(56)58-8)39(53)34-19(4)27(46-38(34)35)14-28(24)43-26/h13-15,17,22,24,30,36,57H,9-12,16H2,1-8H3,(H4-,42,43,44,45,46,47,49,51,52,53,54,55)/p+1/t17-,22+,24-,30+,36?,48?/m1/s1. The Morgan fingerprint density at radius 3 is 2.29 bits per heavy atom. The van der Waals surface area contributed by atoms with Crippen LogP contribution in [0.3, 0.4) is 0 Å². The number of H-pyrrole nitrogens is 2. The first kappa shape index (κ1) is 42.3. The van der Waals surface area contributed by atoms with Gasteiger partial charge in [-0.2, -0.15) is 0 Å². The molecule has 3 aliphatic rings. The van der Waals surface area contributed by atoms with Gasteiger partial charge in [-0.25, -0.2) is 14.4 Å². The Labute approximate surface area is 338 Å². The number of carboxylic acid groups (broad SMARTS) is 1. The lowest BCUT2D eigenvalue weighted by atomic mass is 9.89. The van der Waals surface area contributed by atoms with Crippen LogP contribution < -0.4 is 10.7 Å². The van der Waals surface area contributed by atoms with E-state index < -0.39 is 64.7 Å². The fraction of sp³-hybridized carbons (Fsp3) is 0.439. The molecule has 0 aromatic carbocycles. The predicted octanol–water partition coefficient (Wildman–Crippen LogP) is 4.30. The number of fused-ring (bicyclic) bond motifs is 8. The number of hydrogen-bond donors (Lipinski definition) is 6. The molecule has 6 rings (SSSR count). The van der Waals surface area contributed by atoms with Crippen molar-refractivity contribution in [1.82, 2.24) is 30.7 Å². The number of Topliss-reactive ketones (excluding diaryl/α,β-unsaturated/α-hetero) is 2. The minimum Gasteiger partial charge on any atom is -0.480 e. The van der Waals surface area contributed by atoms with E-state index in [1.165, 1.54) is 14.0 Å². The molecule has 312 valence electrons. The number of methoxy groups -OCH3 is 1. The second kappa shape index (κ2) is 16.2. The molecule has 3 aromatic rings. The van der Waals surface area contributed by atoms with Crippen molar-refractivity contribution in [2.75, 3.05) is 14.2 Å². The van der Waals surface area contributed by atoms with Gasteiger partial charge < -0.3 is 25.1 Å². The predicted molar refractivity (Wildman–Crippen MR) is 209 cm³/mol. The number of quaternary nitrogens is 1. The molecule has 6 N–H and O–H groups in total. The molecule has 1 aliphatic carbocycles.